The fourth-order valence-electron chi connectivity index (χ4n) is 3.98. The van der Waals surface area contributed by atoms with Crippen molar-refractivity contribution >= 4 is 17.1 Å². The molecule has 1 saturated heterocycles. The van der Waals surface area contributed by atoms with Gasteiger partial charge in [-0.3, -0.25) is 9.78 Å². The number of nitrogens with zero attached hydrogens (tertiary/aromatic N) is 3. The van der Waals surface area contributed by atoms with Crippen molar-refractivity contribution in [2.45, 2.75) is 31.3 Å². The van der Waals surface area contributed by atoms with Crippen molar-refractivity contribution in [1.29, 1.82) is 0 Å². The van der Waals surface area contributed by atoms with Gasteiger partial charge >= 0.3 is 6.09 Å². The second-order valence-corrected chi connectivity index (χ2v) is 6.64. The molecule has 0 aliphatic carbocycles. The Morgan fingerprint density at radius 2 is 2.08 bits per heavy atom. The highest BCUT2D eigenvalue weighted by molar-refractivity contribution is 5.80. The predicted octanol–water partition coefficient (Wildman–Crippen LogP) is 1.23. The van der Waals surface area contributed by atoms with Gasteiger partial charge in [0.2, 0.25) is 0 Å². The number of aromatic nitrogens is 2. The Hall–Kier alpha value is -2.41. The lowest BCUT2D eigenvalue weighted by Crippen LogP contribution is -2.45. The van der Waals surface area contributed by atoms with E-state index in [9.17, 15) is 9.59 Å². The summed E-state index contributed by atoms with van der Waals surface area (Å²) in [5.74, 6) is 0.287. The summed E-state index contributed by atoms with van der Waals surface area (Å²) in [7, 11) is 0. The quantitative estimate of drug-likeness (QED) is 0.885. The molecule has 126 valence electrons. The van der Waals surface area contributed by atoms with Crippen LogP contribution in [0.15, 0.2) is 29.2 Å². The summed E-state index contributed by atoms with van der Waals surface area (Å²) in [5.41, 5.74) is 3.07. The summed E-state index contributed by atoms with van der Waals surface area (Å²) in [6.07, 6.45) is 2.53. The number of nitrogens with one attached hydrogen (secondary N) is 1. The minimum atomic E-state index is -0.946. The van der Waals surface area contributed by atoms with E-state index in [1.165, 1.54) is 5.56 Å². The van der Waals surface area contributed by atoms with Gasteiger partial charge in [-0.15, -0.1) is 0 Å². The van der Waals surface area contributed by atoms with Crippen LogP contribution in [0.5, 0.6) is 0 Å². The van der Waals surface area contributed by atoms with Crippen LogP contribution in [0, 0.1) is 0 Å². The van der Waals surface area contributed by atoms with E-state index in [1.54, 1.807) is 12.1 Å². The Morgan fingerprint density at radius 3 is 2.83 bits per heavy atom. The molecule has 0 aromatic carbocycles. The van der Waals surface area contributed by atoms with Crippen molar-refractivity contribution in [3.63, 3.8) is 0 Å². The van der Waals surface area contributed by atoms with E-state index >= 15 is 0 Å². The molecule has 1 amide bonds. The van der Waals surface area contributed by atoms with E-state index in [0.29, 0.717) is 6.54 Å². The number of hydrogen-bond donors (Lipinski definition) is 2. The average molecular weight is 328 g/mol. The van der Waals surface area contributed by atoms with Crippen LogP contribution in [0.1, 0.15) is 24.3 Å². The van der Waals surface area contributed by atoms with Crippen molar-refractivity contribution in [2.75, 3.05) is 19.6 Å². The molecule has 1 atom stereocenters. The van der Waals surface area contributed by atoms with Gasteiger partial charge in [-0.05, 0) is 30.5 Å². The van der Waals surface area contributed by atoms with E-state index in [0.717, 1.165) is 43.5 Å². The highest BCUT2D eigenvalue weighted by atomic mass is 16.4. The first-order valence-corrected chi connectivity index (χ1v) is 8.32. The zero-order chi connectivity index (χ0) is 16.7. The number of amides is 1. The summed E-state index contributed by atoms with van der Waals surface area (Å²) in [6.45, 7) is 3.34. The van der Waals surface area contributed by atoms with Crippen LogP contribution in [0.25, 0.3) is 11.0 Å². The summed E-state index contributed by atoms with van der Waals surface area (Å²) >= 11 is 0. The van der Waals surface area contributed by atoms with Gasteiger partial charge in [0.1, 0.15) is 0 Å². The fourth-order valence-corrected chi connectivity index (χ4v) is 3.98. The number of hydrogen-bond acceptors (Lipinski definition) is 4. The van der Waals surface area contributed by atoms with E-state index in [-0.39, 0.29) is 17.5 Å². The summed E-state index contributed by atoms with van der Waals surface area (Å²) in [6, 6.07) is 5.46. The molecule has 1 unspecified atom stereocenters. The van der Waals surface area contributed by atoms with Gasteiger partial charge in [0, 0.05) is 50.4 Å². The third kappa shape index (κ3) is 2.65. The predicted molar refractivity (Wildman–Crippen MR) is 89.4 cm³/mol. The highest BCUT2D eigenvalue weighted by Gasteiger charge is 2.29. The molecule has 2 N–H and O–H groups in total. The molecule has 2 aromatic rings. The molecule has 1 fully saturated rings. The maximum atomic E-state index is 12.1. The van der Waals surface area contributed by atoms with Gasteiger partial charge in [0.05, 0.1) is 11.0 Å². The van der Waals surface area contributed by atoms with Gasteiger partial charge in [-0.1, -0.05) is 0 Å². The van der Waals surface area contributed by atoms with Crippen molar-refractivity contribution in [1.82, 2.24) is 19.8 Å². The van der Waals surface area contributed by atoms with Crippen LogP contribution in [0.4, 0.5) is 4.79 Å². The van der Waals surface area contributed by atoms with E-state index in [2.05, 4.69) is 15.2 Å². The topological polar surface area (TPSA) is 87.5 Å². The van der Waals surface area contributed by atoms with Gasteiger partial charge < -0.3 is 19.9 Å². The third-order valence-corrected chi connectivity index (χ3v) is 5.14. The summed E-state index contributed by atoms with van der Waals surface area (Å²) in [5, 5.41) is 11.4. The highest BCUT2D eigenvalue weighted by Crippen LogP contribution is 2.32. The first kappa shape index (κ1) is 15.1. The van der Waals surface area contributed by atoms with Crippen LogP contribution in [-0.2, 0) is 6.54 Å². The summed E-state index contributed by atoms with van der Waals surface area (Å²) in [4.78, 5) is 29.6. The lowest BCUT2D eigenvalue weighted by atomic mass is 9.98. The molecule has 4 heterocycles. The maximum absolute atomic E-state index is 12.1. The molecule has 0 saturated carbocycles. The van der Waals surface area contributed by atoms with Crippen molar-refractivity contribution in [3.8, 4) is 0 Å². The molecule has 7 nitrogen and oxygen atoms in total. The molecule has 2 aliphatic heterocycles. The van der Waals surface area contributed by atoms with Gasteiger partial charge in [0.25, 0.3) is 5.56 Å². The smallest absolute Gasteiger partial charge is 0.404 e. The lowest BCUT2D eigenvalue weighted by molar-refractivity contribution is 0.163. The minimum absolute atomic E-state index is 0.0311. The Balaban J connectivity index is 1.48. The number of piperidine rings is 1. The van der Waals surface area contributed by atoms with Crippen molar-refractivity contribution in [3.05, 3.63) is 40.3 Å². The van der Waals surface area contributed by atoms with Crippen LogP contribution < -0.4 is 10.9 Å². The van der Waals surface area contributed by atoms with Gasteiger partial charge in [-0.25, -0.2) is 4.79 Å². The molecule has 24 heavy (non-hydrogen) atoms. The standard InChI is InChI=1S/C17H20N4O3/c22-15-2-1-14-16-13(3-6-18-14)11(10-21(15)16)9-20-7-4-12(5-8-20)19-17(23)24/h1-3,6,11-12,19H,4-5,7-10H2,(H,23,24). The Labute approximate surface area is 138 Å². The number of carboxylic acid groups (broad SMARTS) is 1. The van der Waals surface area contributed by atoms with Crippen LogP contribution in [0.3, 0.4) is 0 Å². The molecule has 0 spiro atoms. The first-order valence-electron chi connectivity index (χ1n) is 8.32. The third-order valence-electron chi connectivity index (χ3n) is 5.14. The van der Waals surface area contributed by atoms with Crippen molar-refractivity contribution < 1.29 is 9.90 Å². The Bertz CT molecular complexity index is 839. The van der Waals surface area contributed by atoms with Crippen LogP contribution in [0.2, 0.25) is 0 Å². The van der Waals surface area contributed by atoms with Crippen LogP contribution in [-0.4, -0.2) is 51.3 Å². The van der Waals surface area contributed by atoms with Gasteiger partial charge in [0.15, 0.2) is 0 Å². The molecule has 2 aromatic heterocycles. The molecule has 4 rings (SSSR count). The fraction of sp³-hybridized carbons (Fsp3) is 0.471. The minimum Gasteiger partial charge on any atom is -0.465 e. The van der Waals surface area contributed by atoms with Gasteiger partial charge in [-0.2, -0.15) is 0 Å². The maximum Gasteiger partial charge on any atom is 0.404 e. The molecule has 2 aliphatic rings. The second kappa shape index (κ2) is 5.90. The van der Waals surface area contributed by atoms with E-state index in [1.807, 2.05) is 16.8 Å². The Morgan fingerprint density at radius 1 is 1.29 bits per heavy atom. The number of likely N-dealkylation sites (tertiary alicyclic amines) is 1. The summed E-state index contributed by atoms with van der Waals surface area (Å²) < 4.78 is 1.83. The zero-order valence-corrected chi connectivity index (χ0v) is 13.3. The monoisotopic (exact) mass is 328 g/mol. The Kier molecular flexibility index (Phi) is 3.72. The number of pyridine rings is 2. The average Bonchev–Trinajstić information content (AvgIpc) is 2.93. The SMILES string of the molecule is O=C(O)NC1CCN(CC2Cn3c(=O)ccc4nccc2c43)CC1. The first-order chi connectivity index (χ1) is 11.6. The molecular weight excluding hydrogens is 308 g/mol. The number of rotatable bonds is 3. The van der Waals surface area contributed by atoms with Crippen LogP contribution >= 0.6 is 0 Å². The normalized spacial score (nSPS) is 21.2. The molecular formula is C17H20N4O3. The lowest BCUT2D eigenvalue weighted by Gasteiger charge is -2.33. The van der Waals surface area contributed by atoms with E-state index in [4.69, 9.17) is 5.11 Å². The van der Waals surface area contributed by atoms with Crippen molar-refractivity contribution in [2.24, 2.45) is 0 Å². The molecule has 7 heteroatoms. The number of carbonyl (C=O) groups is 1. The zero-order valence-electron chi connectivity index (χ0n) is 13.3. The molecule has 0 bridgehead atoms. The van der Waals surface area contributed by atoms with E-state index < -0.39 is 6.09 Å². The largest absolute Gasteiger partial charge is 0.465 e. The second-order valence-electron chi connectivity index (χ2n) is 6.64. The molecule has 0 radical (unpaired) electrons.